The van der Waals surface area contributed by atoms with Crippen molar-refractivity contribution in [2.45, 2.75) is 73.1 Å². The normalized spacial score (nSPS) is 15.3. The fourth-order valence-corrected chi connectivity index (χ4v) is 4.46. The van der Waals surface area contributed by atoms with E-state index < -0.39 is 5.83 Å². The van der Waals surface area contributed by atoms with E-state index in [0.717, 1.165) is 30.5 Å². The van der Waals surface area contributed by atoms with Gasteiger partial charge in [0, 0.05) is 29.4 Å². The lowest BCUT2D eigenvalue weighted by atomic mass is 9.68. The molecule has 190 valence electrons. The zero-order valence-electron chi connectivity index (χ0n) is 22.6. The van der Waals surface area contributed by atoms with E-state index in [1.165, 1.54) is 16.7 Å². The average Bonchev–Trinajstić information content (AvgIpc) is 2.81. The molecule has 4 nitrogen and oxygen atoms in total. The van der Waals surface area contributed by atoms with Crippen molar-refractivity contribution in [2.24, 2.45) is 15.7 Å². The number of aryl methyl sites for hydroxylation is 1. The minimum Gasteiger partial charge on any atom is -0.339 e. The third kappa shape index (κ3) is 8.00. The topological polar surface area (TPSA) is 62.8 Å². The van der Waals surface area contributed by atoms with E-state index in [2.05, 4.69) is 69.4 Å². The van der Waals surface area contributed by atoms with Crippen LogP contribution >= 0.6 is 0 Å². The molecule has 0 saturated carbocycles. The molecule has 5 heteroatoms. The maximum absolute atomic E-state index is 14.2. The highest BCUT2D eigenvalue weighted by Crippen LogP contribution is 2.41. The molecule has 0 radical (unpaired) electrons. The van der Waals surface area contributed by atoms with Crippen LogP contribution in [0.25, 0.3) is 0 Å². The van der Waals surface area contributed by atoms with Gasteiger partial charge in [-0.3, -0.25) is 4.99 Å². The first-order valence-electron chi connectivity index (χ1n) is 12.3. The van der Waals surface area contributed by atoms with Gasteiger partial charge in [0.25, 0.3) is 0 Å². The Morgan fingerprint density at radius 3 is 2.37 bits per heavy atom. The van der Waals surface area contributed by atoms with Gasteiger partial charge in [-0.1, -0.05) is 57.2 Å². The number of nitrogens with one attached hydrogen (secondary N) is 1. The molecule has 1 unspecified atom stereocenters. The molecule has 0 saturated heterocycles. The van der Waals surface area contributed by atoms with Gasteiger partial charge < -0.3 is 11.1 Å². The second kappa shape index (κ2) is 14.4. The predicted molar refractivity (Wildman–Crippen MR) is 152 cm³/mol. The molecule has 0 amide bonds. The van der Waals surface area contributed by atoms with E-state index in [-0.39, 0.29) is 17.7 Å². The molecule has 0 fully saturated rings. The Kier molecular flexibility index (Phi) is 12.3. The van der Waals surface area contributed by atoms with Crippen LogP contribution in [0, 0.1) is 6.92 Å². The predicted octanol–water partition coefficient (Wildman–Crippen LogP) is 7.58. The van der Waals surface area contributed by atoms with E-state index in [1.807, 2.05) is 26.8 Å². The Labute approximate surface area is 212 Å². The first kappa shape index (κ1) is 30.0. The summed E-state index contributed by atoms with van der Waals surface area (Å²) in [5, 5.41) is 2.94. The summed E-state index contributed by atoms with van der Waals surface area (Å²) in [5.41, 5.74) is 11.8. The van der Waals surface area contributed by atoms with Crippen molar-refractivity contribution in [3.05, 3.63) is 94.9 Å². The molecule has 3 N–H and O–H groups in total. The van der Waals surface area contributed by atoms with Crippen molar-refractivity contribution < 1.29 is 4.39 Å². The molecule has 0 aliphatic rings. The molecule has 1 rings (SSSR count). The molecular formula is C30H43FN4. The molecule has 35 heavy (non-hydrogen) atoms. The molecule has 0 spiro atoms. The Bertz CT molecular complexity index is 1060. The lowest BCUT2D eigenvalue weighted by Gasteiger charge is -2.35. The average molecular weight is 479 g/mol. The highest BCUT2D eigenvalue weighted by atomic mass is 19.1. The van der Waals surface area contributed by atoms with Crippen LogP contribution < -0.4 is 11.1 Å². The maximum atomic E-state index is 14.2. The van der Waals surface area contributed by atoms with Crippen LogP contribution in [0.2, 0.25) is 0 Å². The third-order valence-electron chi connectivity index (χ3n) is 6.15. The summed E-state index contributed by atoms with van der Waals surface area (Å²) in [6, 6.07) is 6.42. The van der Waals surface area contributed by atoms with Crippen LogP contribution in [0.3, 0.4) is 0 Å². The standard InChI is InChI=1S/C30H43FN4/c1-10-14-28(27(31)20-32)34-24(9)35-29(19-23(8)33-13-4)25-15-16-26(22(7)18-25)30(12-3,17-11-2)21(5)6/h10,13-16,18-19,34H,5,9,11-12,17,20,32H2,1-4,6-8H3/b14-10-,23-19+,28-27-,33-13?,35-29+. The number of hydrogen-bond acceptors (Lipinski definition) is 4. The second-order valence-electron chi connectivity index (χ2n) is 8.76. The maximum Gasteiger partial charge on any atom is 0.137 e. The van der Waals surface area contributed by atoms with Crippen molar-refractivity contribution in [3.63, 3.8) is 0 Å². The van der Waals surface area contributed by atoms with Crippen LogP contribution in [0.1, 0.15) is 77.5 Å². The number of nitrogens with two attached hydrogens (primary N) is 1. The smallest absolute Gasteiger partial charge is 0.137 e. The van der Waals surface area contributed by atoms with Gasteiger partial charge >= 0.3 is 0 Å². The monoisotopic (exact) mass is 478 g/mol. The summed E-state index contributed by atoms with van der Waals surface area (Å²) in [5.74, 6) is -0.158. The largest absolute Gasteiger partial charge is 0.339 e. The van der Waals surface area contributed by atoms with Crippen molar-refractivity contribution in [2.75, 3.05) is 6.54 Å². The molecular weight excluding hydrogens is 435 g/mol. The molecule has 1 aromatic carbocycles. The quantitative estimate of drug-likeness (QED) is 0.174. The first-order valence-corrected chi connectivity index (χ1v) is 12.3. The Balaban J connectivity index is 3.62. The van der Waals surface area contributed by atoms with Crippen molar-refractivity contribution in [1.82, 2.24) is 5.32 Å². The van der Waals surface area contributed by atoms with Gasteiger partial charge in [0.15, 0.2) is 0 Å². The minimum absolute atomic E-state index is 0.0516. The van der Waals surface area contributed by atoms with Gasteiger partial charge in [0.1, 0.15) is 11.6 Å². The minimum atomic E-state index is -0.463. The number of nitrogens with zero attached hydrogens (tertiary/aromatic N) is 2. The van der Waals surface area contributed by atoms with E-state index in [0.29, 0.717) is 11.5 Å². The summed E-state index contributed by atoms with van der Waals surface area (Å²) in [7, 11) is 0. The van der Waals surface area contributed by atoms with E-state index in [4.69, 9.17) is 10.7 Å². The van der Waals surface area contributed by atoms with Crippen LogP contribution in [-0.2, 0) is 5.41 Å². The van der Waals surface area contributed by atoms with Crippen LogP contribution in [0.5, 0.6) is 0 Å². The molecule has 0 aliphatic carbocycles. The Hall–Kier alpha value is -3.05. The van der Waals surface area contributed by atoms with Crippen molar-refractivity contribution >= 4 is 11.9 Å². The third-order valence-corrected chi connectivity index (χ3v) is 6.15. The van der Waals surface area contributed by atoms with Gasteiger partial charge in [-0.2, -0.15) is 0 Å². The number of aliphatic imine (C=N–C) groups is 2. The van der Waals surface area contributed by atoms with E-state index in [9.17, 15) is 4.39 Å². The first-order chi connectivity index (χ1) is 16.6. The SMILES string of the molecule is C=C(/N=C(\C=C(/C)N=CC)c1ccc(C(CC)(CCC)C(=C)C)c(C)c1)NC(/C=C\C)=C(\F)CN. The van der Waals surface area contributed by atoms with Gasteiger partial charge in [-0.25, -0.2) is 9.38 Å². The summed E-state index contributed by atoms with van der Waals surface area (Å²) in [6.07, 6.45) is 10.1. The van der Waals surface area contributed by atoms with Gasteiger partial charge in [0.05, 0.1) is 11.4 Å². The van der Waals surface area contributed by atoms with Gasteiger partial charge in [-0.05, 0) is 76.8 Å². The van der Waals surface area contributed by atoms with Crippen molar-refractivity contribution in [1.29, 1.82) is 0 Å². The van der Waals surface area contributed by atoms with E-state index in [1.54, 1.807) is 18.4 Å². The summed E-state index contributed by atoms with van der Waals surface area (Å²) in [4.78, 5) is 9.07. The lowest BCUT2D eigenvalue weighted by Crippen LogP contribution is -2.27. The van der Waals surface area contributed by atoms with Crippen molar-refractivity contribution in [3.8, 4) is 0 Å². The Morgan fingerprint density at radius 1 is 1.20 bits per heavy atom. The zero-order valence-corrected chi connectivity index (χ0v) is 22.6. The zero-order chi connectivity index (χ0) is 26.6. The highest BCUT2D eigenvalue weighted by molar-refractivity contribution is 6.09. The van der Waals surface area contributed by atoms with Crippen LogP contribution in [0.4, 0.5) is 4.39 Å². The molecule has 0 aromatic heterocycles. The summed E-state index contributed by atoms with van der Waals surface area (Å²) >= 11 is 0. The highest BCUT2D eigenvalue weighted by Gasteiger charge is 2.31. The molecule has 1 atom stereocenters. The summed E-state index contributed by atoms with van der Waals surface area (Å²) < 4.78 is 14.2. The fourth-order valence-electron chi connectivity index (χ4n) is 4.46. The number of allylic oxidation sites excluding steroid dienone is 5. The van der Waals surface area contributed by atoms with Gasteiger partial charge in [-0.15, -0.1) is 0 Å². The molecule has 0 bridgehead atoms. The lowest BCUT2D eigenvalue weighted by molar-refractivity contribution is 0.439. The Morgan fingerprint density at radius 2 is 1.89 bits per heavy atom. The van der Waals surface area contributed by atoms with Gasteiger partial charge in [0.2, 0.25) is 0 Å². The second-order valence-corrected chi connectivity index (χ2v) is 8.76. The number of hydrogen-bond donors (Lipinski definition) is 2. The molecule has 1 aromatic rings. The van der Waals surface area contributed by atoms with Crippen LogP contribution in [0.15, 0.2) is 88.2 Å². The number of halogens is 1. The fraction of sp³-hybridized carbons (Fsp3) is 0.400. The molecule has 0 aliphatic heterocycles. The van der Waals surface area contributed by atoms with E-state index >= 15 is 0 Å². The number of benzene rings is 1. The summed E-state index contributed by atoms with van der Waals surface area (Å²) in [6.45, 7) is 22.4. The number of rotatable bonds is 13. The molecule has 0 heterocycles. The van der Waals surface area contributed by atoms with Crippen LogP contribution in [-0.4, -0.2) is 18.5 Å².